The van der Waals surface area contributed by atoms with Gasteiger partial charge in [0.1, 0.15) is 0 Å². The maximum atomic E-state index is 13.0. The van der Waals surface area contributed by atoms with Crippen molar-refractivity contribution in [3.05, 3.63) is 53.7 Å². The standard InChI is InChI=1S/C15H15F2N3O2/c1-2-22-14-10(4-3-7-18-14)9-19-15(21)20-11-5-6-12(16)13(17)8-11/h3-8H,2,9H2,1H3,(H2,19,20,21). The van der Waals surface area contributed by atoms with Crippen LogP contribution in [0.4, 0.5) is 19.3 Å². The van der Waals surface area contributed by atoms with E-state index in [0.717, 1.165) is 12.1 Å². The lowest BCUT2D eigenvalue weighted by Crippen LogP contribution is -2.28. The Balaban J connectivity index is 1.94. The first kappa shape index (κ1) is 15.7. The highest BCUT2D eigenvalue weighted by molar-refractivity contribution is 5.89. The third kappa shape index (κ3) is 4.15. The number of carbonyl (C=O) groups excluding carboxylic acids is 1. The van der Waals surface area contributed by atoms with Gasteiger partial charge in [0.2, 0.25) is 5.88 Å². The molecule has 0 saturated heterocycles. The van der Waals surface area contributed by atoms with Crippen LogP contribution in [0.5, 0.6) is 5.88 Å². The molecule has 2 N–H and O–H groups in total. The lowest BCUT2D eigenvalue weighted by atomic mass is 10.2. The van der Waals surface area contributed by atoms with Crippen molar-refractivity contribution < 1.29 is 18.3 Å². The number of benzene rings is 1. The summed E-state index contributed by atoms with van der Waals surface area (Å²) in [5.74, 6) is -1.55. The largest absolute Gasteiger partial charge is 0.478 e. The average Bonchev–Trinajstić information content (AvgIpc) is 2.50. The van der Waals surface area contributed by atoms with Crippen LogP contribution < -0.4 is 15.4 Å². The fourth-order valence-electron chi connectivity index (χ4n) is 1.75. The van der Waals surface area contributed by atoms with Gasteiger partial charge >= 0.3 is 6.03 Å². The lowest BCUT2D eigenvalue weighted by molar-refractivity contribution is 0.251. The number of hydrogen-bond acceptors (Lipinski definition) is 3. The summed E-state index contributed by atoms with van der Waals surface area (Å²) in [6.45, 7) is 2.49. The molecule has 0 aliphatic heterocycles. The van der Waals surface area contributed by atoms with Crippen LogP contribution in [0.15, 0.2) is 36.5 Å². The Morgan fingerprint density at radius 1 is 1.27 bits per heavy atom. The van der Waals surface area contributed by atoms with Crippen LogP contribution in [-0.2, 0) is 6.54 Å². The highest BCUT2D eigenvalue weighted by atomic mass is 19.2. The molecule has 0 bridgehead atoms. The summed E-state index contributed by atoms with van der Waals surface area (Å²) in [7, 11) is 0. The van der Waals surface area contributed by atoms with Crippen LogP contribution in [0.3, 0.4) is 0 Å². The maximum Gasteiger partial charge on any atom is 0.319 e. The monoisotopic (exact) mass is 307 g/mol. The van der Waals surface area contributed by atoms with Gasteiger partial charge in [-0.15, -0.1) is 0 Å². The third-order valence-electron chi connectivity index (χ3n) is 2.75. The zero-order valence-corrected chi connectivity index (χ0v) is 11.9. The molecule has 2 aromatic rings. The van der Waals surface area contributed by atoms with E-state index in [2.05, 4.69) is 15.6 Å². The van der Waals surface area contributed by atoms with Gasteiger partial charge in [-0.3, -0.25) is 0 Å². The van der Waals surface area contributed by atoms with Crippen molar-refractivity contribution >= 4 is 11.7 Å². The number of carbonyl (C=O) groups is 1. The van der Waals surface area contributed by atoms with Crippen molar-refractivity contribution in [3.8, 4) is 5.88 Å². The second-order valence-electron chi connectivity index (χ2n) is 4.34. The topological polar surface area (TPSA) is 63.2 Å². The van der Waals surface area contributed by atoms with Crippen LogP contribution in [-0.4, -0.2) is 17.6 Å². The second kappa shape index (κ2) is 7.35. The zero-order valence-electron chi connectivity index (χ0n) is 11.9. The zero-order chi connectivity index (χ0) is 15.9. The van der Waals surface area contributed by atoms with Gasteiger partial charge in [-0.25, -0.2) is 18.6 Å². The molecule has 2 rings (SSSR count). The summed E-state index contributed by atoms with van der Waals surface area (Å²) in [5.41, 5.74) is 0.873. The molecule has 1 heterocycles. The van der Waals surface area contributed by atoms with Crippen molar-refractivity contribution in [2.45, 2.75) is 13.5 Å². The van der Waals surface area contributed by atoms with Crippen LogP contribution >= 0.6 is 0 Å². The van der Waals surface area contributed by atoms with Crippen molar-refractivity contribution in [3.63, 3.8) is 0 Å². The maximum absolute atomic E-state index is 13.0. The summed E-state index contributed by atoms with van der Waals surface area (Å²) in [4.78, 5) is 15.8. The molecule has 0 unspecified atom stereocenters. The molecular formula is C15H15F2N3O2. The number of halogens is 2. The SMILES string of the molecule is CCOc1ncccc1CNC(=O)Nc1ccc(F)c(F)c1. The molecule has 1 aromatic carbocycles. The number of anilines is 1. The number of amides is 2. The van der Waals surface area contributed by atoms with Gasteiger partial charge < -0.3 is 15.4 Å². The van der Waals surface area contributed by atoms with Gasteiger partial charge in [-0.05, 0) is 25.1 Å². The Morgan fingerprint density at radius 3 is 2.82 bits per heavy atom. The van der Waals surface area contributed by atoms with E-state index in [1.807, 2.05) is 6.92 Å². The first-order valence-corrected chi connectivity index (χ1v) is 6.66. The third-order valence-corrected chi connectivity index (χ3v) is 2.75. The number of nitrogens with zero attached hydrogens (tertiary/aromatic N) is 1. The summed E-state index contributed by atoms with van der Waals surface area (Å²) < 4.78 is 31.2. The van der Waals surface area contributed by atoms with Crippen LogP contribution in [0.1, 0.15) is 12.5 Å². The van der Waals surface area contributed by atoms with E-state index in [-0.39, 0.29) is 12.2 Å². The molecule has 5 nitrogen and oxygen atoms in total. The minimum atomic E-state index is -1.02. The molecule has 0 aliphatic carbocycles. The van der Waals surface area contributed by atoms with E-state index in [1.54, 1.807) is 18.3 Å². The average molecular weight is 307 g/mol. The van der Waals surface area contributed by atoms with Crippen LogP contribution in [0.25, 0.3) is 0 Å². The van der Waals surface area contributed by atoms with Gasteiger partial charge in [0.15, 0.2) is 11.6 Å². The van der Waals surface area contributed by atoms with Crippen LogP contribution in [0.2, 0.25) is 0 Å². The van der Waals surface area contributed by atoms with Crippen molar-refractivity contribution in [1.82, 2.24) is 10.3 Å². The second-order valence-corrected chi connectivity index (χ2v) is 4.34. The number of pyridine rings is 1. The van der Waals surface area contributed by atoms with E-state index in [9.17, 15) is 13.6 Å². The van der Waals surface area contributed by atoms with Crippen molar-refractivity contribution in [2.75, 3.05) is 11.9 Å². The van der Waals surface area contributed by atoms with E-state index in [1.165, 1.54) is 6.07 Å². The smallest absolute Gasteiger partial charge is 0.319 e. The quantitative estimate of drug-likeness (QED) is 0.892. The number of aromatic nitrogens is 1. The molecule has 0 radical (unpaired) electrons. The molecule has 0 saturated carbocycles. The van der Waals surface area contributed by atoms with Gasteiger partial charge in [0.25, 0.3) is 0 Å². The molecule has 0 spiro atoms. The van der Waals surface area contributed by atoms with Gasteiger partial charge in [0.05, 0.1) is 6.61 Å². The Labute approximate surface area is 126 Å². The molecule has 1 aromatic heterocycles. The predicted molar refractivity (Wildman–Crippen MR) is 77.6 cm³/mol. The lowest BCUT2D eigenvalue weighted by Gasteiger charge is -2.10. The fourth-order valence-corrected chi connectivity index (χ4v) is 1.75. The molecule has 2 amide bonds. The predicted octanol–water partition coefficient (Wildman–Crippen LogP) is 3.08. The van der Waals surface area contributed by atoms with Gasteiger partial charge in [0, 0.05) is 30.1 Å². The van der Waals surface area contributed by atoms with Gasteiger partial charge in [-0.2, -0.15) is 0 Å². The van der Waals surface area contributed by atoms with E-state index in [4.69, 9.17) is 4.74 Å². The number of urea groups is 1. The molecule has 0 aliphatic rings. The summed E-state index contributed by atoms with van der Waals surface area (Å²) in [5, 5.41) is 5.01. The molecule has 7 heteroatoms. The number of ether oxygens (including phenoxy) is 1. The number of rotatable bonds is 5. The van der Waals surface area contributed by atoms with E-state index >= 15 is 0 Å². The van der Waals surface area contributed by atoms with Crippen molar-refractivity contribution in [2.24, 2.45) is 0 Å². The van der Waals surface area contributed by atoms with E-state index in [0.29, 0.717) is 18.1 Å². The first-order chi connectivity index (χ1) is 10.6. The normalized spacial score (nSPS) is 10.1. The van der Waals surface area contributed by atoms with Gasteiger partial charge in [-0.1, -0.05) is 6.07 Å². The fraction of sp³-hybridized carbons (Fsp3) is 0.200. The van der Waals surface area contributed by atoms with Crippen LogP contribution in [0, 0.1) is 11.6 Å². The Hall–Kier alpha value is -2.70. The highest BCUT2D eigenvalue weighted by Crippen LogP contribution is 2.15. The summed E-state index contributed by atoms with van der Waals surface area (Å²) in [6, 6.07) is 6.08. The minimum absolute atomic E-state index is 0.160. The highest BCUT2D eigenvalue weighted by Gasteiger charge is 2.08. The number of nitrogens with one attached hydrogen (secondary N) is 2. The molecule has 116 valence electrons. The van der Waals surface area contributed by atoms with Crippen molar-refractivity contribution in [1.29, 1.82) is 0 Å². The summed E-state index contributed by atoms with van der Waals surface area (Å²) >= 11 is 0. The molecule has 0 fully saturated rings. The first-order valence-electron chi connectivity index (χ1n) is 6.66. The Kier molecular flexibility index (Phi) is 5.24. The minimum Gasteiger partial charge on any atom is -0.478 e. The Bertz CT molecular complexity index is 665. The Morgan fingerprint density at radius 2 is 2.09 bits per heavy atom. The molecular weight excluding hydrogens is 292 g/mol. The summed E-state index contributed by atoms with van der Waals surface area (Å²) in [6.07, 6.45) is 1.59. The molecule has 22 heavy (non-hydrogen) atoms. The number of hydrogen-bond donors (Lipinski definition) is 2. The molecule has 0 atom stereocenters. The van der Waals surface area contributed by atoms with E-state index < -0.39 is 17.7 Å².